The molecule has 98 valence electrons. The van der Waals surface area contributed by atoms with Crippen molar-refractivity contribution in [2.24, 2.45) is 0 Å². The molecule has 0 aliphatic heterocycles. The van der Waals surface area contributed by atoms with E-state index in [9.17, 15) is 9.59 Å². The maximum absolute atomic E-state index is 11.4. The van der Waals surface area contributed by atoms with Gasteiger partial charge in [-0.15, -0.1) is 0 Å². The van der Waals surface area contributed by atoms with Gasteiger partial charge in [-0.1, -0.05) is 23.7 Å². The summed E-state index contributed by atoms with van der Waals surface area (Å²) < 4.78 is 0. The van der Waals surface area contributed by atoms with Crippen molar-refractivity contribution in [3.8, 4) is 0 Å². The van der Waals surface area contributed by atoms with Crippen LogP contribution in [-0.2, 0) is 16.1 Å². The number of benzene rings is 1. The molecule has 1 aromatic rings. The smallest absolute Gasteiger partial charge is 0.252 e. The molecule has 0 saturated heterocycles. The summed E-state index contributed by atoms with van der Waals surface area (Å²) >= 11 is 5.87. The highest BCUT2D eigenvalue weighted by atomic mass is 35.5. The lowest BCUT2D eigenvalue weighted by molar-refractivity contribution is -0.128. The molecule has 0 aliphatic carbocycles. The van der Waals surface area contributed by atoms with Gasteiger partial charge in [0, 0.05) is 18.5 Å². The molecular formula is C12H16ClN3O2. The topological polar surface area (TPSA) is 61.4 Å². The SMILES string of the molecule is CC(=O)NNC(=O)CN(C)Cc1cccc(Cl)c1. The number of hydrogen-bond acceptors (Lipinski definition) is 3. The van der Waals surface area contributed by atoms with Gasteiger partial charge in [0.25, 0.3) is 5.91 Å². The molecule has 2 amide bonds. The van der Waals surface area contributed by atoms with Crippen LogP contribution in [0.25, 0.3) is 0 Å². The maximum Gasteiger partial charge on any atom is 0.252 e. The molecule has 0 bridgehead atoms. The van der Waals surface area contributed by atoms with Crippen molar-refractivity contribution in [3.05, 3.63) is 34.9 Å². The third-order valence-electron chi connectivity index (χ3n) is 2.13. The second-order valence-corrected chi connectivity index (χ2v) is 4.47. The summed E-state index contributed by atoms with van der Waals surface area (Å²) in [4.78, 5) is 23.9. The Kier molecular flexibility index (Phi) is 5.61. The third kappa shape index (κ3) is 5.65. The molecule has 0 spiro atoms. The molecule has 0 aliphatic rings. The van der Waals surface area contributed by atoms with Gasteiger partial charge in [-0.25, -0.2) is 0 Å². The second kappa shape index (κ2) is 6.98. The normalized spacial score (nSPS) is 10.2. The number of rotatable bonds is 4. The van der Waals surface area contributed by atoms with Gasteiger partial charge in [0.15, 0.2) is 0 Å². The Morgan fingerprint density at radius 2 is 2.06 bits per heavy atom. The molecule has 0 radical (unpaired) electrons. The summed E-state index contributed by atoms with van der Waals surface area (Å²) in [5, 5.41) is 0.670. The number of hydrazine groups is 1. The van der Waals surface area contributed by atoms with E-state index in [1.54, 1.807) is 6.07 Å². The van der Waals surface area contributed by atoms with E-state index < -0.39 is 0 Å². The number of carbonyl (C=O) groups is 2. The highest BCUT2D eigenvalue weighted by molar-refractivity contribution is 6.30. The third-order valence-corrected chi connectivity index (χ3v) is 2.37. The van der Waals surface area contributed by atoms with Gasteiger partial charge in [0.05, 0.1) is 6.54 Å². The highest BCUT2D eigenvalue weighted by Gasteiger charge is 2.07. The summed E-state index contributed by atoms with van der Waals surface area (Å²) in [7, 11) is 1.81. The summed E-state index contributed by atoms with van der Waals surface area (Å²) in [5.74, 6) is -0.574. The average Bonchev–Trinajstić information content (AvgIpc) is 2.26. The van der Waals surface area contributed by atoms with E-state index in [0.29, 0.717) is 11.6 Å². The zero-order valence-corrected chi connectivity index (χ0v) is 11.1. The lowest BCUT2D eigenvalue weighted by atomic mass is 10.2. The molecule has 5 nitrogen and oxygen atoms in total. The lowest BCUT2D eigenvalue weighted by Crippen LogP contribution is -2.44. The molecule has 2 N–H and O–H groups in total. The van der Waals surface area contributed by atoms with Crippen molar-refractivity contribution in [1.29, 1.82) is 0 Å². The van der Waals surface area contributed by atoms with Crippen LogP contribution < -0.4 is 10.9 Å². The number of carbonyl (C=O) groups excluding carboxylic acids is 2. The van der Waals surface area contributed by atoms with Gasteiger partial charge >= 0.3 is 0 Å². The first kappa shape index (κ1) is 14.5. The Balaban J connectivity index is 2.39. The van der Waals surface area contributed by atoms with Crippen LogP contribution in [0.2, 0.25) is 5.02 Å². The van der Waals surface area contributed by atoms with E-state index in [1.807, 2.05) is 30.1 Å². The molecule has 0 saturated carbocycles. The van der Waals surface area contributed by atoms with E-state index in [1.165, 1.54) is 6.92 Å². The average molecular weight is 270 g/mol. The molecule has 0 unspecified atom stereocenters. The molecule has 0 atom stereocenters. The van der Waals surface area contributed by atoms with Crippen LogP contribution in [0.3, 0.4) is 0 Å². The predicted octanol–water partition coefficient (Wildman–Crippen LogP) is 0.939. The van der Waals surface area contributed by atoms with Crippen LogP contribution in [0.15, 0.2) is 24.3 Å². The van der Waals surface area contributed by atoms with Crippen LogP contribution >= 0.6 is 11.6 Å². The molecule has 0 aromatic heterocycles. The standard InChI is InChI=1S/C12H16ClN3O2/c1-9(17)14-15-12(18)8-16(2)7-10-4-3-5-11(13)6-10/h3-6H,7-8H2,1-2H3,(H,14,17)(H,15,18). The molecule has 0 heterocycles. The van der Waals surface area contributed by atoms with Gasteiger partial charge in [-0.3, -0.25) is 25.3 Å². The van der Waals surface area contributed by atoms with Crippen LogP contribution in [0.5, 0.6) is 0 Å². The quantitative estimate of drug-likeness (QED) is 0.800. The molecule has 18 heavy (non-hydrogen) atoms. The van der Waals surface area contributed by atoms with Gasteiger partial charge in [0.1, 0.15) is 0 Å². The maximum atomic E-state index is 11.4. The Bertz CT molecular complexity index is 437. The van der Waals surface area contributed by atoms with Crippen molar-refractivity contribution in [2.75, 3.05) is 13.6 Å². The van der Waals surface area contributed by atoms with Crippen molar-refractivity contribution in [1.82, 2.24) is 15.8 Å². The summed E-state index contributed by atoms with van der Waals surface area (Å²) in [5.41, 5.74) is 5.57. The number of hydrogen-bond donors (Lipinski definition) is 2. The molecule has 1 aromatic carbocycles. The number of amides is 2. The number of halogens is 1. The molecule has 6 heteroatoms. The summed E-state index contributed by atoms with van der Waals surface area (Å²) in [6, 6.07) is 7.45. The molecule has 1 rings (SSSR count). The highest BCUT2D eigenvalue weighted by Crippen LogP contribution is 2.11. The van der Waals surface area contributed by atoms with Crippen LogP contribution in [-0.4, -0.2) is 30.3 Å². The minimum atomic E-state index is -0.305. The van der Waals surface area contributed by atoms with Gasteiger partial charge in [-0.05, 0) is 24.7 Å². The zero-order valence-electron chi connectivity index (χ0n) is 10.4. The van der Waals surface area contributed by atoms with Gasteiger partial charge in [0.2, 0.25) is 5.91 Å². The largest absolute Gasteiger partial charge is 0.293 e. The van der Waals surface area contributed by atoms with Crippen LogP contribution in [0.4, 0.5) is 0 Å². The number of nitrogens with zero attached hydrogens (tertiary/aromatic N) is 1. The Morgan fingerprint density at radius 1 is 1.33 bits per heavy atom. The van der Waals surface area contributed by atoms with Crippen molar-refractivity contribution in [2.45, 2.75) is 13.5 Å². The molecular weight excluding hydrogens is 254 g/mol. The first-order valence-corrected chi connectivity index (χ1v) is 5.83. The number of nitrogens with one attached hydrogen (secondary N) is 2. The van der Waals surface area contributed by atoms with Crippen molar-refractivity contribution >= 4 is 23.4 Å². The summed E-state index contributed by atoms with van der Waals surface area (Å²) in [6.07, 6.45) is 0. The van der Waals surface area contributed by atoms with E-state index in [4.69, 9.17) is 11.6 Å². The van der Waals surface area contributed by atoms with E-state index in [2.05, 4.69) is 10.9 Å². The first-order chi connectivity index (χ1) is 8.47. The molecule has 0 fully saturated rings. The van der Waals surface area contributed by atoms with Gasteiger partial charge in [-0.2, -0.15) is 0 Å². The Labute approximate surface area is 111 Å². The fraction of sp³-hybridized carbons (Fsp3) is 0.333. The minimum Gasteiger partial charge on any atom is -0.293 e. The summed E-state index contributed by atoms with van der Waals surface area (Å²) in [6.45, 7) is 2.12. The zero-order chi connectivity index (χ0) is 13.5. The number of likely N-dealkylation sites (N-methyl/N-ethyl adjacent to an activating group) is 1. The van der Waals surface area contributed by atoms with Crippen molar-refractivity contribution < 1.29 is 9.59 Å². The lowest BCUT2D eigenvalue weighted by Gasteiger charge is -2.16. The Morgan fingerprint density at radius 3 is 2.67 bits per heavy atom. The monoisotopic (exact) mass is 269 g/mol. The van der Waals surface area contributed by atoms with E-state index in [-0.39, 0.29) is 18.4 Å². The Hall–Kier alpha value is -1.59. The van der Waals surface area contributed by atoms with Gasteiger partial charge < -0.3 is 0 Å². The second-order valence-electron chi connectivity index (χ2n) is 4.03. The predicted molar refractivity (Wildman–Crippen MR) is 69.7 cm³/mol. The minimum absolute atomic E-state index is 0.187. The van der Waals surface area contributed by atoms with Crippen LogP contribution in [0, 0.1) is 0 Å². The fourth-order valence-corrected chi connectivity index (χ4v) is 1.66. The van der Waals surface area contributed by atoms with Crippen molar-refractivity contribution in [3.63, 3.8) is 0 Å². The van der Waals surface area contributed by atoms with Crippen LogP contribution in [0.1, 0.15) is 12.5 Å². The van der Waals surface area contributed by atoms with E-state index >= 15 is 0 Å². The first-order valence-electron chi connectivity index (χ1n) is 5.46. The van der Waals surface area contributed by atoms with E-state index in [0.717, 1.165) is 5.56 Å². The fourth-order valence-electron chi connectivity index (χ4n) is 1.45.